The molecule has 1 saturated carbocycles. The lowest BCUT2D eigenvalue weighted by Gasteiger charge is -2.36. The molecule has 0 atom stereocenters. The molecule has 21 heavy (non-hydrogen) atoms. The first-order chi connectivity index (χ1) is 10.3. The van der Waals surface area contributed by atoms with Crippen molar-refractivity contribution in [1.82, 2.24) is 0 Å². The van der Waals surface area contributed by atoms with Crippen molar-refractivity contribution >= 4 is 0 Å². The van der Waals surface area contributed by atoms with Gasteiger partial charge in [-0.05, 0) is 47.6 Å². The zero-order valence-electron chi connectivity index (χ0n) is 13.6. The molecule has 0 bridgehead atoms. The van der Waals surface area contributed by atoms with Crippen LogP contribution in [0.1, 0.15) is 62.6 Å². The molecule has 0 saturated heterocycles. The average Bonchev–Trinajstić information content (AvgIpc) is 2.83. The second-order valence-corrected chi connectivity index (χ2v) is 6.19. The molecule has 0 aliphatic heterocycles. The number of hydrogen-bond acceptors (Lipinski definition) is 0. The monoisotopic (exact) mass is 278 g/mol. The lowest BCUT2D eigenvalue weighted by molar-refractivity contribution is 0.353. The molecular weight excluding hydrogens is 252 g/mol. The molecule has 1 spiro atoms. The molecule has 0 heterocycles. The van der Waals surface area contributed by atoms with Crippen LogP contribution in [0, 0.1) is 6.92 Å². The highest BCUT2D eigenvalue weighted by molar-refractivity contribution is 5.83. The summed E-state index contributed by atoms with van der Waals surface area (Å²) in [6, 6.07) is 16.0. The zero-order chi connectivity index (χ0) is 14.9. The first-order valence-corrected chi connectivity index (χ1v) is 8.53. The molecule has 0 N–H and O–H groups in total. The summed E-state index contributed by atoms with van der Waals surface area (Å²) in [5.74, 6) is 0. The Morgan fingerprint density at radius 3 is 2.19 bits per heavy atom. The molecule has 0 radical (unpaired) electrons. The number of hydrogen-bond donors (Lipinski definition) is 0. The predicted molar refractivity (Wildman–Crippen MR) is 91.8 cm³/mol. The lowest BCUT2D eigenvalue weighted by atomic mass is 9.68. The lowest BCUT2D eigenvalue weighted by Crippen LogP contribution is -2.27. The Kier molecular flexibility index (Phi) is 3.89. The fourth-order valence-electron chi connectivity index (χ4n) is 4.38. The van der Waals surface area contributed by atoms with Gasteiger partial charge in [-0.2, -0.15) is 0 Å². The van der Waals surface area contributed by atoms with E-state index in [1.54, 1.807) is 11.1 Å². The number of aryl methyl sites for hydroxylation is 1. The molecule has 110 valence electrons. The van der Waals surface area contributed by atoms with Crippen LogP contribution in [0.2, 0.25) is 0 Å². The minimum Gasteiger partial charge on any atom is -0.0683 e. The smallest absolute Gasteiger partial charge is 0.0215 e. The molecule has 2 aliphatic carbocycles. The maximum Gasteiger partial charge on any atom is 0.0215 e. The summed E-state index contributed by atoms with van der Waals surface area (Å²) >= 11 is 0. The van der Waals surface area contributed by atoms with Crippen molar-refractivity contribution in [2.75, 3.05) is 0 Å². The van der Waals surface area contributed by atoms with E-state index in [1.165, 1.54) is 48.8 Å². The fraction of sp³-hybridized carbons (Fsp3) is 0.429. The van der Waals surface area contributed by atoms with Crippen LogP contribution in [0.25, 0.3) is 11.1 Å². The molecule has 0 heteroatoms. The van der Waals surface area contributed by atoms with E-state index in [-0.39, 0.29) is 0 Å². The maximum absolute atomic E-state index is 2.38. The van der Waals surface area contributed by atoms with Crippen molar-refractivity contribution in [2.24, 2.45) is 0 Å². The van der Waals surface area contributed by atoms with E-state index in [1.807, 2.05) is 13.8 Å². The van der Waals surface area contributed by atoms with Crippen molar-refractivity contribution in [3.8, 4) is 11.1 Å². The van der Waals surface area contributed by atoms with Crippen LogP contribution in [0.4, 0.5) is 0 Å². The minimum atomic E-state index is 0.330. The Bertz CT molecular complexity index is 630. The van der Waals surface area contributed by atoms with E-state index >= 15 is 0 Å². The standard InChI is InChI=1S/C19H20.C2H6/c1-14-8-7-11-17-18(14)15-9-3-4-10-16(15)19(17)12-5-2-6-13-19;1-2/h3-4,7-11H,2,5-6,12-13H2,1H3;1-2H3. The van der Waals surface area contributed by atoms with E-state index < -0.39 is 0 Å². The van der Waals surface area contributed by atoms with Crippen molar-refractivity contribution in [3.05, 3.63) is 59.2 Å². The van der Waals surface area contributed by atoms with E-state index in [0.29, 0.717) is 5.41 Å². The van der Waals surface area contributed by atoms with Crippen LogP contribution in [0.5, 0.6) is 0 Å². The van der Waals surface area contributed by atoms with E-state index in [0.717, 1.165) is 0 Å². The van der Waals surface area contributed by atoms with Crippen LogP contribution >= 0.6 is 0 Å². The summed E-state index contributed by atoms with van der Waals surface area (Å²) < 4.78 is 0. The van der Waals surface area contributed by atoms with Crippen molar-refractivity contribution in [2.45, 2.75) is 58.3 Å². The Labute approximate surface area is 129 Å². The van der Waals surface area contributed by atoms with Gasteiger partial charge in [0.15, 0.2) is 0 Å². The van der Waals surface area contributed by atoms with Gasteiger partial charge in [0.2, 0.25) is 0 Å². The van der Waals surface area contributed by atoms with Gasteiger partial charge in [0.05, 0.1) is 0 Å². The minimum absolute atomic E-state index is 0.330. The van der Waals surface area contributed by atoms with Gasteiger partial charge in [0.25, 0.3) is 0 Å². The van der Waals surface area contributed by atoms with Crippen LogP contribution in [-0.2, 0) is 5.41 Å². The number of rotatable bonds is 0. The van der Waals surface area contributed by atoms with Gasteiger partial charge in [-0.25, -0.2) is 0 Å². The first kappa shape index (κ1) is 14.4. The van der Waals surface area contributed by atoms with Gasteiger partial charge < -0.3 is 0 Å². The summed E-state index contributed by atoms with van der Waals surface area (Å²) in [7, 11) is 0. The normalized spacial score (nSPS) is 17.7. The predicted octanol–water partition coefficient (Wildman–Crippen LogP) is 6.25. The maximum atomic E-state index is 2.38. The average molecular weight is 278 g/mol. The quantitative estimate of drug-likeness (QED) is 0.534. The molecule has 0 amide bonds. The Hall–Kier alpha value is -1.56. The van der Waals surface area contributed by atoms with Crippen LogP contribution in [0.15, 0.2) is 42.5 Å². The Morgan fingerprint density at radius 2 is 1.43 bits per heavy atom. The summed E-state index contributed by atoms with van der Waals surface area (Å²) in [4.78, 5) is 0. The Morgan fingerprint density at radius 1 is 0.762 bits per heavy atom. The second kappa shape index (κ2) is 5.67. The summed E-state index contributed by atoms with van der Waals surface area (Å²) in [5, 5.41) is 0. The van der Waals surface area contributed by atoms with E-state index in [4.69, 9.17) is 0 Å². The SMILES string of the molecule is CC.Cc1cccc2c1-c1ccccc1C21CCCCC1. The molecule has 2 aliphatic rings. The zero-order valence-corrected chi connectivity index (χ0v) is 13.6. The topological polar surface area (TPSA) is 0 Å². The molecule has 0 aromatic heterocycles. The van der Waals surface area contributed by atoms with Gasteiger partial charge in [-0.15, -0.1) is 0 Å². The summed E-state index contributed by atoms with van der Waals surface area (Å²) in [6.45, 7) is 6.26. The fourth-order valence-corrected chi connectivity index (χ4v) is 4.38. The third-order valence-electron chi connectivity index (χ3n) is 5.21. The largest absolute Gasteiger partial charge is 0.0683 e. The molecule has 1 fully saturated rings. The third kappa shape index (κ3) is 2.04. The van der Waals surface area contributed by atoms with Crippen molar-refractivity contribution in [3.63, 3.8) is 0 Å². The van der Waals surface area contributed by atoms with E-state index in [9.17, 15) is 0 Å². The molecule has 4 rings (SSSR count). The van der Waals surface area contributed by atoms with Crippen molar-refractivity contribution < 1.29 is 0 Å². The van der Waals surface area contributed by atoms with Gasteiger partial charge in [0.1, 0.15) is 0 Å². The Balaban J connectivity index is 0.000000636. The second-order valence-electron chi connectivity index (χ2n) is 6.19. The molecule has 0 unspecified atom stereocenters. The molecule has 0 nitrogen and oxygen atoms in total. The van der Waals surface area contributed by atoms with E-state index in [2.05, 4.69) is 49.4 Å². The van der Waals surface area contributed by atoms with Crippen LogP contribution in [0.3, 0.4) is 0 Å². The molecular formula is C21H26. The highest BCUT2D eigenvalue weighted by Gasteiger charge is 2.43. The van der Waals surface area contributed by atoms with Crippen LogP contribution in [-0.4, -0.2) is 0 Å². The summed E-state index contributed by atoms with van der Waals surface area (Å²) in [5.41, 5.74) is 7.99. The summed E-state index contributed by atoms with van der Waals surface area (Å²) in [6.07, 6.45) is 6.83. The molecule has 2 aromatic rings. The van der Waals surface area contributed by atoms with Gasteiger partial charge in [0, 0.05) is 5.41 Å². The van der Waals surface area contributed by atoms with Gasteiger partial charge in [-0.1, -0.05) is 75.6 Å². The number of fused-ring (bicyclic) bond motifs is 5. The third-order valence-corrected chi connectivity index (χ3v) is 5.21. The van der Waals surface area contributed by atoms with Crippen molar-refractivity contribution in [1.29, 1.82) is 0 Å². The van der Waals surface area contributed by atoms with Crippen LogP contribution < -0.4 is 0 Å². The molecule has 2 aromatic carbocycles. The number of benzene rings is 2. The van der Waals surface area contributed by atoms with Gasteiger partial charge in [-0.3, -0.25) is 0 Å². The highest BCUT2D eigenvalue weighted by atomic mass is 14.5. The first-order valence-electron chi connectivity index (χ1n) is 8.53. The highest BCUT2D eigenvalue weighted by Crippen LogP contribution is 2.56. The van der Waals surface area contributed by atoms with Gasteiger partial charge >= 0.3 is 0 Å².